The van der Waals surface area contributed by atoms with Crippen molar-refractivity contribution in [3.63, 3.8) is 0 Å². The van der Waals surface area contributed by atoms with Crippen molar-refractivity contribution >= 4 is 0 Å². The highest BCUT2D eigenvalue weighted by molar-refractivity contribution is 4.71. The maximum Gasteiger partial charge on any atom is 0.0964 e. The highest BCUT2D eigenvalue weighted by atomic mass is 16.5. The van der Waals surface area contributed by atoms with Crippen LogP contribution in [0.15, 0.2) is 0 Å². The smallest absolute Gasteiger partial charge is 0.0964 e. The molecule has 0 saturated carbocycles. The first kappa shape index (κ1) is 14.9. The largest absolute Gasteiger partial charge is 0.373 e. The third kappa shape index (κ3) is 6.99. The van der Waals surface area contributed by atoms with Crippen LogP contribution < -0.4 is 5.32 Å². The van der Waals surface area contributed by atoms with Gasteiger partial charge in [0.25, 0.3) is 0 Å². The van der Waals surface area contributed by atoms with Gasteiger partial charge in [-0.05, 0) is 32.4 Å². The molecule has 1 rings (SSSR count). The number of rotatable bonds is 8. The van der Waals surface area contributed by atoms with E-state index >= 15 is 0 Å². The quantitative estimate of drug-likeness (QED) is 0.516. The Morgan fingerprint density at radius 3 is 3.00 bits per heavy atom. The van der Waals surface area contributed by atoms with E-state index in [1.54, 1.807) is 0 Å². The molecule has 0 aromatic heterocycles. The zero-order valence-corrected chi connectivity index (χ0v) is 11.6. The second-order valence-corrected chi connectivity index (χ2v) is 5.20. The second kappa shape index (κ2) is 8.86. The van der Waals surface area contributed by atoms with Crippen molar-refractivity contribution in [2.45, 2.75) is 32.8 Å². The van der Waals surface area contributed by atoms with Crippen molar-refractivity contribution in [1.82, 2.24) is 10.2 Å². The molecule has 1 unspecified atom stereocenters. The number of hydrogen-bond donors (Lipinski definition) is 1. The van der Waals surface area contributed by atoms with Gasteiger partial charge in [-0.15, -0.1) is 0 Å². The lowest BCUT2D eigenvalue weighted by Crippen LogP contribution is -2.45. The first-order valence-corrected chi connectivity index (χ1v) is 6.78. The molecule has 0 aromatic rings. The molecule has 0 aliphatic carbocycles. The van der Waals surface area contributed by atoms with Gasteiger partial charge in [-0.2, -0.15) is 0 Å². The van der Waals surface area contributed by atoms with Crippen LogP contribution in [0.3, 0.4) is 0 Å². The van der Waals surface area contributed by atoms with Crippen LogP contribution in [0.2, 0.25) is 0 Å². The Bertz CT molecular complexity index is 188. The summed E-state index contributed by atoms with van der Waals surface area (Å²) >= 11 is 0. The SMILES string of the molecule is CNCOCC1CN(CCCC(C)C)CCO1. The van der Waals surface area contributed by atoms with Crippen LogP contribution in [0.1, 0.15) is 26.7 Å². The van der Waals surface area contributed by atoms with Crippen molar-refractivity contribution in [3.8, 4) is 0 Å². The van der Waals surface area contributed by atoms with E-state index in [9.17, 15) is 0 Å². The molecule has 0 bridgehead atoms. The molecule has 4 nitrogen and oxygen atoms in total. The van der Waals surface area contributed by atoms with E-state index in [1.807, 2.05) is 7.05 Å². The summed E-state index contributed by atoms with van der Waals surface area (Å²) in [6.45, 7) is 10.00. The molecule has 0 aromatic carbocycles. The highest BCUT2D eigenvalue weighted by Crippen LogP contribution is 2.09. The monoisotopic (exact) mass is 244 g/mol. The molecular formula is C13H28N2O2. The summed E-state index contributed by atoms with van der Waals surface area (Å²) in [4.78, 5) is 2.50. The van der Waals surface area contributed by atoms with E-state index in [2.05, 4.69) is 24.1 Å². The Kier molecular flexibility index (Phi) is 7.77. The second-order valence-electron chi connectivity index (χ2n) is 5.20. The first-order valence-electron chi connectivity index (χ1n) is 6.78. The average Bonchev–Trinajstić information content (AvgIpc) is 2.29. The molecule has 0 spiro atoms. The maximum atomic E-state index is 5.69. The van der Waals surface area contributed by atoms with E-state index in [0.717, 1.165) is 25.6 Å². The third-order valence-corrected chi connectivity index (χ3v) is 3.03. The fourth-order valence-electron chi connectivity index (χ4n) is 2.10. The Labute approximate surface area is 106 Å². The van der Waals surface area contributed by atoms with E-state index in [0.29, 0.717) is 13.3 Å². The number of hydrogen-bond acceptors (Lipinski definition) is 4. The van der Waals surface area contributed by atoms with Gasteiger partial charge in [-0.1, -0.05) is 13.8 Å². The topological polar surface area (TPSA) is 33.7 Å². The summed E-state index contributed by atoms with van der Waals surface area (Å²) in [5, 5.41) is 2.97. The first-order chi connectivity index (χ1) is 8.22. The van der Waals surface area contributed by atoms with Crippen LogP contribution >= 0.6 is 0 Å². The van der Waals surface area contributed by atoms with Gasteiger partial charge in [-0.25, -0.2) is 0 Å². The lowest BCUT2D eigenvalue weighted by molar-refractivity contribution is -0.0710. The van der Waals surface area contributed by atoms with E-state index < -0.39 is 0 Å². The fraction of sp³-hybridized carbons (Fsp3) is 1.00. The highest BCUT2D eigenvalue weighted by Gasteiger charge is 2.19. The van der Waals surface area contributed by atoms with Gasteiger partial charge in [0.1, 0.15) is 0 Å². The number of nitrogens with one attached hydrogen (secondary N) is 1. The summed E-state index contributed by atoms with van der Waals surface area (Å²) in [5.41, 5.74) is 0. The van der Waals surface area contributed by atoms with Gasteiger partial charge in [0.2, 0.25) is 0 Å². The van der Waals surface area contributed by atoms with Gasteiger partial charge >= 0.3 is 0 Å². The van der Waals surface area contributed by atoms with Crippen molar-refractivity contribution in [1.29, 1.82) is 0 Å². The van der Waals surface area contributed by atoms with Crippen LogP contribution in [0.5, 0.6) is 0 Å². The van der Waals surface area contributed by atoms with Gasteiger partial charge in [-0.3, -0.25) is 10.2 Å². The molecule has 17 heavy (non-hydrogen) atoms. The molecule has 0 amide bonds. The molecule has 1 fully saturated rings. The lowest BCUT2D eigenvalue weighted by Gasteiger charge is -2.32. The zero-order chi connectivity index (χ0) is 12.5. The van der Waals surface area contributed by atoms with E-state index in [1.165, 1.54) is 19.4 Å². The molecule has 1 saturated heterocycles. The van der Waals surface area contributed by atoms with Gasteiger partial charge < -0.3 is 9.47 Å². The van der Waals surface area contributed by atoms with Crippen molar-refractivity contribution in [2.24, 2.45) is 5.92 Å². The minimum atomic E-state index is 0.246. The molecule has 1 aliphatic heterocycles. The Hall–Kier alpha value is -0.160. The predicted molar refractivity (Wildman–Crippen MR) is 70.1 cm³/mol. The summed E-state index contributed by atoms with van der Waals surface area (Å²) in [7, 11) is 1.89. The normalized spacial score (nSPS) is 22.2. The number of ether oxygens (including phenoxy) is 2. The maximum absolute atomic E-state index is 5.69. The standard InChI is InChI=1S/C13H28N2O2/c1-12(2)5-4-6-15-7-8-17-13(9-15)10-16-11-14-3/h12-14H,4-11H2,1-3H3. The average molecular weight is 244 g/mol. The van der Waals surface area contributed by atoms with Crippen molar-refractivity contribution < 1.29 is 9.47 Å². The Morgan fingerprint density at radius 1 is 1.47 bits per heavy atom. The Morgan fingerprint density at radius 2 is 2.29 bits per heavy atom. The molecule has 1 N–H and O–H groups in total. The van der Waals surface area contributed by atoms with Crippen LogP contribution in [0, 0.1) is 5.92 Å². The minimum Gasteiger partial charge on any atom is -0.373 e. The van der Waals surface area contributed by atoms with Crippen molar-refractivity contribution in [3.05, 3.63) is 0 Å². The molecule has 4 heteroatoms. The molecule has 1 heterocycles. The Balaban J connectivity index is 2.10. The minimum absolute atomic E-state index is 0.246. The summed E-state index contributed by atoms with van der Waals surface area (Å²) in [5.74, 6) is 0.811. The van der Waals surface area contributed by atoms with E-state index in [-0.39, 0.29) is 6.10 Å². The fourth-order valence-corrected chi connectivity index (χ4v) is 2.10. The van der Waals surface area contributed by atoms with Crippen LogP contribution in [-0.2, 0) is 9.47 Å². The van der Waals surface area contributed by atoms with E-state index in [4.69, 9.17) is 9.47 Å². The van der Waals surface area contributed by atoms with Crippen LogP contribution in [-0.4, -0.2) is 57.6 Å². The summed E-state index contributed by atoms with van der Waals surface area (Å²) in [6, 6.07) is 0. The lowest BCUT2D eigenvalue weighted by atomic mass is 10.1. The molecule has 1 atom stereocenters. The molecule has 102 valence electrons. The molecular weight excluding hydrogens is 216 g/mol. The van der Waals surface area contributed by atoms with Gasteiger partial charge in [0.15, 0.2) is 0 Å². The molecule has 0 radical (unpaired) electrons. The zero-order valence-electron chi connectivity index (χ0n) is 11.6. The van der Waals surface area contributed by atoms with Gasteiger partial charge in [0, 0.05) is 13.1 Å². The van der Waals surface area contributed by atoms with Crippen LogP contribution in [0.4, 0.5) is 0 Å². The number of morpholine rings is 1. The summed E-state index contributed by atoms with van der Waals surface area (Å²) in [6.07, 6.45) is 2.86. The van der Waals surface area contributed by atoms with Crippen LogP contribution in [0.25, 0.3) is 0 Å². The number of nitrogens with zero attached hydrogens (tertiary/aromatic N) is 1. The van der Waals surface area contributed by atoms with Gasteiger partial charge in [0.05, 0.1) is 26.0 Å². The van der Waals surface area contributed by atoms with Crippen molar-refractivity contribution in [2.75, 3.05) is 46.6 Å². The predicted octanol–water partition coefficient (Wildman–Crippen LogP) is 1.32. The third-order valence-electron chi connectivity index (χ3n) is 3.03. The molecule has 1 aliphatic rings. The summed E-state index contributed by atoms with van der Waals surface area (Å²) < 4.78 is 11.1.